The maximum absolute atomic E-state index is 12.8. The van der Waals surface area contributed by atoms with Gasteiger partial charge in [0, 0.05) is 25.2 Å². The molecule has 5 atom stereocenters. The first-order valence-corrected chi connectivity index (χ1v) is 11.0. The SMILES string of the molecule is O=C(O)CCC/C=C\C[C@@H]1[C@@H](/C=C/[C@@H](O)CCOc2cccc(C(F)(F)F)c2)[C@H](O)C[C@@H]1O. The number of aliphatic carboxylic acids is 1. The molecule has 0 radical (unpaired) electrons. The van der Waals surface area contributed by atoms with E-state index in [2.05, 4.69) is 0 Å². The van der Waals surface area contributed by atoms with Crippen LogP contribution in [0, 0.1) is 11.8 Å². The highest BCUT2D eigenvalue weighted by molar-refractivity contribution is 5.66. The molecular formula is C24H31F3O6. The van der Waals surface area contributed by atoms with Gasteiger partial charge in [-0.2, -0.15) is 13.2 Å². The summed E-state index contributed by atoms with van der Waals surface area (Å²) in [6, 6.07) is 4.52. The molecule has 1 aliphatic carbocycles. The summed E-state index contributed by atoms with van der Waals surface area (Å²) in [7, 11) is 0. The minimum absolute atomic E-state index is 0.00513. The van der Waals surface area contributed by atoms with Gasteiger partial charge >= 0.3 is 12.1 Å². The van der Waals surface area contributed by atoms with Gasteiger partial charge < -0.3 is 25.2 Å². The lowest BCUT2D eigenvalue weighted by atomic mass is 9.89. The number of halogens is 3. The fourth-order valence-electron chi connectivity index (χ4n) is 3.86. The molecule has 1 saturated carbocycles. The normalized spacial score (nSPS) is 24.5. The average molecular weight is 473 g/mol. The van der Waals surface area contributed by atoms with Crippen LogP contribution in [-0.4, -0.2) is 51.3 Å². The van der Waals surface area contributed by atoms with Gasteiger partial charge in [0.15, 0.2) is 0 Å². The molecule has 1 aliphatic rings. The van der Waals surface area contributed by atoms with Gasteiger partial charge in [-0.25, -0.2) is 0 Å². The van der Waals surface area contributed by atoms with Gasteiger partial charge in [0.25, 0.3) is 0 Å². The summed E-state index contributed by atoms with van der Waals surface area (Å²) < 4.78 is 43.6. The number of carboxylic acid groups (broad SMARTS) is 1. The molecule has 1 aromatic rings. The second-order valence-electron chi connectivity index (χ2n) is 8.22. The molecule has 0 unspecified atom stereocenters. The van der Waals surface area contributed by atoms with Gasteiger partial charge in [0.1, 0.15) is 5.75 Å². The molecule has 184 valence electrons. The first kappa shape index (κ1) is 26.9. The van der Waals surface area contributed by atoms with Gasteiger partial charge in [-0.1, -0.05) is 30.4 Å². The van der Waals surface area contributed by atoms with Crippen molar-refractivity contribution in [1.29, 1.82) is 0 Å². The molecule has 0 aliphatic heterocycles. The lowest BCUT2D eigenvalue weighted by Gasteiger charge is -2.19. The molecule has 0 bridgehead atoms. The molecule has 0 amide bonds. The minimum atomic E-state index is -4.46. The van der Waals surface area contributed by atoms with Gasteiger partial charge in [0.05, 0.1) is 30.5 Å². The second-order valence-corrected chi connectivity index (χ2v) is 8.22. The zero-order valence-corrected chi connectivity index (χ0v) is 18.2. The molecular weight excluding hydrogens is 441 g/mol. The van der Waals surface area contributed by atoms with E-state index in [1.54, 1.807) is 6.08 Å². The first-order valence-electron chi connectivity index (χ1n) is 11.0. The highest BCUT2D eigenvalue weighted by Gasteiger charge is 2.39. The van der Waals surface area contributed by atoms with Crippen molar-refractivity contribution in [1.82, 2.24) is 0 Å². The van der Waals surface area contributed by atoms with Crippen molar-refractivity contribution in [3.8, 4) is 5.75 Å². The molecule has 0 spiro atoms. The lowest BCUT2D eigenvalue weighted by Crippen LogP contribution is -2.20. The highest BCUT2D eigenvalue weighted by Crippen LogP contribution is 2.36. The van der Waals surface area contributed by atoms with Gasteiger partial charge in [-0.15, -0.1) is 0 Å². The molecule has 2 rings (SSSR count). The number of carboxylic acids is 1. The topological polar surface area (TPSA) is 107 Å². The van der Waals surface area contributed by atoms with Gasteiger partial charge in [-0.3, -0.25) is 4.79 Å². The smallest absolute Gasteiger partial charge is 0.416 e. The fraction of sp³-hybridized carbons (Fsp3) is 0.542. The number of unbranched alkanes of at least 4 members (excludes halogenated alkanes) is 1. The van der Waals surface area contributed by atoms with Crippen LogP contribution in [0.25, 0.3) is 0 Å². The predicted octanol–water partition coefficient (Wildman–Crippen LogP) is 3.95. The molecule has 9 heteroatoms. The number of hydrogen-bond donors (Lipinski definition) is 4. The van der Waals surface area contributed by atoms with Crippen molar-refractivity contribution in [3.63, 3.8) is 0 Å². The molecule has 1 aromatic carbocycles. The van der Waals surface area contributed by atoms with Crippen LogP contribution in [0.1, 0.15) is 44.1 Å². The summed E-state index contributed by atoms with van der Waals surface area (Å²) >= 11 is 0. The Morgan fingerprint density at radius 1 is 1.21 bits per heavy atom. The van der Waals surface area contributed by atoms with Crippen LogP contribution in [0.5, 0.6) is 5.75 Å². The molecule has 6 nitrogen and oxygen atoms in total. The average Bonchev–Trinajstić information content (AvgIpc) is 3.00. The summed E-state index contributed by atoms with van der Waals surface area (Å²) in [6.45, 7) is 0.00513. The first-order chi connectivity index (χ1) is 15.6. The van der Waals surface area contributed by atoms with Crippen LogP contribution in [0.2, 0.25) is 0 Å². The predicted molar refractivity (Wildman–Crippen MR) is 116 cm³/mol. The van der Waals surface area contributed by atoms with Gasteiger partial charge in [0.2, 0.25) is 0 Å². The third-order valence-corrected chi connectivity index (χ3v) is 5.65. The zero-order valence-electron chi connectivity index (χ0n) is 18.2. The van der Waals surface area contributed by atoms with Crippen LogP contribution in [-0.2, 0) is 11.0 Å². The summed E-state index contributed by atoms with van der Waals surface area (Å²) in [5, 5.41) is 39.3. The number of carbonyl (C=O) groups is 1. The number of benzene rings is 1. The quantitative estimate of drug-likeness (QED) is 0.271. The van der Waals surface area contributed by atoms with E-state index in [1.807, 2.05) is 12.2 Å². The number of alkyl halides is 3. The molecule has 0 saturated heterocycles. The van der Waals surface area contributed by atoms with Crippen LogP contribution in [0.3, 0.4) is 0 Å². The molecule has 0 heterocycles. The fourth-order valence-corrected chi connectivity index (χ4v) is 3.86. The van der Waals surface area contributed by atoms with E-state index in [0.717, 1.165) is 12.1 Å². The summed E-state index contributed by atoms with van der Waals surface area (Å²) in [5.74, 6) is -1.38. The van der Waals surface area contributed by atoms with Crippen molar-refractivity contribution >= 4 is 5.97 Å². The summed E-state index contributed by atoms with van der Waals surface area (Å²) in [6.07, 6.45) is 2.18. The number of ether oxygens (including phenoxy) is 1. The maximum Gasteiger partial charge on any atom is 0.416 e. The van der Waals surface area contributed by atoms with Crippen molar-refractivity contribution in [2.45, 2.75) is 63.0 Å². The Kier molecular flexibility index (Phi) is 10.4. The Labute approximate surface area is 191 Å². The van der Waals surface area contributed by atoms with Crippen LogP contribution in [0.4, 0.5) is 13.2 Å². The zero-order chi connectivity index (χ0) is 24.4. The number of allylic oxidation sites excluding steroid dienone is 2. The number of hydrogen-bond acceptors (Lipinski definition) is 5. The van der Waals surface area contributed by atoms with Crippen molar-refractivity contribution in [2.24, 2.45) is 11.8 Å². The Morgan fingerprint density at radius 3 is 2.67 bits per heavy atom. The highest BCUT2D eigenvalue weighted by atomic mass is 19.4. The number of aliphatic hydroxyl groups is 3. The number of rotatable bonds is 12. The minimum Gasteiger partial charge on any atom is -0.493 e. The van der Waals surface area contributed by atoms with Crippen LogP contribution < -0.4 is 4.74 Å². The Balaban J connectivity index is 1.82. The monoisotopic (exact) mass is 472 g/mol. The van der Waals surface area contributed by atoms with E-state index in [4.69, 9.17) is 9.84 Å². The van der Waals surface area contributed by atoms with E-state index >= 15 is 0 Å². The summed E-state index contributed by atoms with van der Waals surface area (Å²) in [4.78, 5) is 10.5. The van der Waals surface area contributed by atoms with E-state index in [-0.39, 0.29) is 43.5 Å². The third-order valence-electron chi connectivity index (χ3n) is 5.65. The Bertz CT molecular complexity index is 808. The van der Waals surface area contributed by atoms with E-state index in [9.17, 15) is 33.3 Å². The molecule has 1 fully saturated rings. The Hall–Kier alpha value is -2.36. The van der Waals surface area contributed by atoms with Crippen LogP contribution >= 0.6 is 0 Å². The Morgan fingerprint density at radius 2 is 1.97 bits per heavy atom. The molecule has 33 heavy (non-hydrogen) atoms. The van der Waals surface area contributed by atoms with Crippen molar-refractivity contribution in [2.75, 3.05) is 6.61 Å². The standard InChI is InChI=1S/C24H31F3O6/c25-24(26,27)16-6-5-7-18(14-16)33-13-12-17(28)10-11-20-19(21(29)15-22(20)30)8-3-1-2-4-9-23(31)32/h1,3,5-7,10-11,14,17,19-22,28-30H,2,4,8-9,12-13,15H2,(H,31,32)/b3-1-,11-10+/t17-,19-,20-,21+,22-/m1/s1. The van der Waals surface area contributed by atoms with Crippen LogP contribution in [0.15, 0.2) is 48.6 Å². The maximum atomic E-state index is 12.8. The second kappa shape index (κ2) is 12.8. The van der Waals surface area contributed by atoms with Crippen molar-refractivity contribution < 1.29 is 43.1 Å². The van der Waals surface area contributed by atoms with Crippen molar-refractivity contribution in [3.05, 3.63) is 54.1 Å². The van der Waals surface area contributed by atoms with E-state index < -0.39 is 36.0 Å². The largest absolute Gasteiger partial charge is 0.493 e. The van der Waals surface area contributed by atoms with E-state index in [0.29, 0.717) is 19.3 Å². The third kappa shape index (κ3) is 9.19. The van der Waals surface area contributed by atoms with Gasteiger partial charge in [-0.05, 0) is 43.4 Å². The molecule has 0 aromatic heterocycles. The lowest BCUT2D eigenvalue weighted by molar-refractivity contribution is -0.138. The molecule has 4 N–H and O–H groups in total. The van der Waals surface area contributed by atoms with E-state index in [1.165, 1.54) is 18.2 Å². The summed E-state index contributed by atoms with van der Waals surface area (Å²) in [5.41, 5.74) is -0.809. The number of aliphatic hydroxyl groups excluding tert-OH is 3.